The predicted octanol–water partition coefficient (Wildman–Crippen LogP) is 1.55. The van der Waals surface area contributed by atoms with E-state index in [2.05, 4.69) is 20.9 Å². The summed E-state index contributed by atoms with van der Waals surface area (Å²) in [5, 5.41) is 0. The van der Waals surface area contributed by atoms with Gasteiger partial charge in [0.2, 0.25) is 5.95 Å². The number of halogens is 2. The topological polar surface area (TPSA) is 65.2 Å². The van der Waals surface area contributed by atoms with Gasteiger partial charge < -0.3 is 10.5 Å². The molecule has 6 heteroatoms. The molecule has 0 spiro atoms. The molecular formula is C9H10BrFN2O2. The van der Waals surface area contributed by atoms with Crippen LogP contribution in [0.25, 0.3) is 0 Å². The van der Waals surface area contributed by atoms with Crippen molar-refractivity contribution < 1.29 is 13.9 Å². The van der Waals surface area contributed by atoms with Gasteiger partial charge in [0.25, 0.3) is 0 Å². The lowest BCUT2D eigenvalue weighted by Gasteiger charge is -2.10. The van der Waals surface area contributed by atoms with Crippen LogP contribution in [0.15, 0.2) is 16.6 Å². The van der Waals surface area contributed by atoms with Crippen LogP contribution in [0.3, 0.4) is 0 Å². The number of carbonyl (C=O) groups is 1. The smallest absolute Gasteiger partial charge is 0.329 e. The normalized spacial score (nSPS) is 12.3. The quantitative estimate of drug-likeness (QED) is 0.672. The van der Waals surface area contributed by atoms with Gasteiger partial charge >= 0.3 is 5.97 Å². The maximum Gasteiger partial charge on any atom is 0.329 e. The molecule has 0 aromatic carbocycles. The second-order valence-electron chi connectivity index (χ2n) is 2.76. The summed E-state index contributed by atoms with van der Waals surface area (Å²) in [4.78, 5) is 14.8. The fraction of sp³-hybridized carbons (Fsp3) is 0.333. The Morgan fingerprint density at radius 2 is 2.40 bits per heavy atom. The Kier molecular flexibility index (Phi) is 4.16. The number of nitrogens with two attached hydrogens (primary N) is 1. The van der Waals surface area contributed by atoms with Gasteiger partial charge in [-0.1, -0.05) is 15.9 Å². The third-order valence-corrected chi connectivity index (χ3v) is 2.10. The van der Waals surface area contributed by atoms with Gasteiger partial charge in [0, 0.05) is 10.5 Å². The van der Waals surface area contributed by atoms with Crippen molar-refractivity contribution in [2.75, 3.05) is 6.61 Å². The molecule has 2 N–H and O–H groups in total. The monoisotopic (exact) mass is 276 g/mol. The van der Waals surface area contributed by atoms with E-state index in [4.69, 9.17) is 10.5 Å². The SMILES string of the molecule is CCOC(=O)C(N)c1cc(Br)cc(F)n1. The van der Waals surface area contributed by atoms with Gasteiger partial charge in [0.15, 0.2) is 0 Å². The molecule has 4 nitrogen and oxygen atoms in total. The maximum atomic E-state index is 12.9. The van der Waals surface area contributed by atoms with E-state index in [0.29, 0.717) is 4.47 Å². The minimum absolute atomic E-state index is 0.139. The highest BCUT2D eigenvalue weighted by molar-refractivity contribution is 9.10. The fourth-order valence-corrected chi connectivity index (χ4v) is 1.42. The summed E-state index contributed by atoms with van der Waals surface area (Å²) in [6.45, 7) is 1.89. The van der Waals surface area contributed by atoms with Gasteiger partial charge in [0.05, 0.1) is 12.3 Å². The average Bonchev–Trinajstić information content (AvgIpc) is 2.15. The van der Waals surface area contributed by atoms with Crippen LogP contribution in [0.4, 0.5) is 4.39 Å². The molecule has 0 saturated carbocycles. The molecule has 0 amide bonds. The molecule has 0 radical (unpaired) electrons. The maximum absolute atomic E-state index is 12.9. The zero-order valence-corrected chi connectivity index (χ0v) is 9.62. The van der Waals surface area contributed by atoms with E-state index >= 15 is 0 Å². The fourth-order valence-electron chi connectivity index (χ4n) is 0.997. The number of hydrogen-bond donors (Lipinski definition) is 1. The van der Waals surface area contributed by atoms with Crippen LogP contribution < -0.4 is 5.73 Å². The number of ether oxygens (including phenoxy) is 1. The minimum atomic E-state index is -1.06. The van der Waals surface area contributed by atoms with E-state index in [1.165, 1.54) is 12.1 Å². The Balaban J connectivity index is 2.90. The van der Waals surface area contributed by atoms with E-state index in [0.717, 1.165) is 0 Å². The summed E-state index contributed by atoms with van der Waals surface area (Å²) in [6, 6.07) is 1.60. The van der Waals surface area contributed by atoms with Crippen molar-refractivity contribution >= 4 is 21.9 Å². The molecule has 0 saturated heterocycles. The van der Waals surface area contributed by atoms with Crippen molar-refractivity contribution in [2.24, 2.45) is 5.73 Å². The number of carbonyl (C=O) groups excluding carboxylic acids is 1. The summed E-state index contributed by atoms with van der Waals surface area (Å²) < 4.78 is 18.1. The molecule has 82 valence electrons. The molecule has 1 unspecified atom stereocenters. The first-order valence-corrected chi connectivity index (χ1v) is 5.09. The first-order valence-electron chi connectivity index (χ1n) is 4.29. The van der Waals surface area contributed by atoms with E-state index in [1.807, 2.05) is 0 Å². The largest absolute Gasteiger partial charge is 0.465 e. The summed E-state index contributed by atoms with van der Waals surface area (Å²) in [5.74, 6) is -1.32. The highest BCUT2D eigenvalue weighted by Crippen LogP contribution is 2.16. The molecule has 1 heterocycles. The number of esters is 1. The first-order chi connectivity index (χ1) is 7.04. The predicted molar refractivity (Wildman–Crippen MR) is 55.5 cm³/mol. The molecule has 15 heavy (non-hydrogen) atoms. The van der Waals surface area contributed by atoms with E-state index in [1.54, 1.807) is 6.92 Å². The number of hydrogen-bond acceptors (Lipinski definition) is 4. The van der Waals surface area contributed by atoms with Crippen LogP contribution >= 0.6 is 15.9 Å². The summed E-state index contributed by atoms with van der Waals surface area (Å²) >= 11 is 3.08. The van der Waals surface area contributed by atoms with Crippen molar-refractivity contribution in [3.05, 3.63) is 28.2 Å². The van der Waals surface area contributed by atoms with Crippen LogP contribution in [0.2, 0.25) is 0 Å². The molecule has 1 atom stereocenters. The van der Waals surface area contributed by atoms with Crippen molar-refractivity contribution in [1.82, 2.24) is 4.98 Å². The number of pyridine rings is 1. The Hall–Kier alpha value is -1.01. The molecule has 0 aliphatic heterocycles. The molecular weight excluding hydrogens is 267 g/mol. The second-order valence-corrected chi connectivity index (χ2v) is 3.68. The van der Waals surface area contributed by atoms with Crippen LogP contribution in [-0.2, 0) is 9.53 Å². The van der Waals surface area contributed by atoms with E-state index in [-0.39, 0.29) is 12.3 Å². The zero-order valence-electron chi connectivity index (χ0n) is 8.04. The second kappa shape index (κ2) is 5.18. The van der Waals surface area contributed by atoms with Gasteiger partial charge in [-0.3, -0.25) is 0 Å². The van der Waals surface area contributed by atoms with Crippen molar-refractivity contribution in [3.63, 3.8) is 0 Å². The van der Waals surface area contributed by atoms with Gasteiger partial charge in [-0.05, 0) is 13.0 Å². The number of nitrogens with zero attached hydrogens (tertiary/aromatic N) is 1. The number of aromatic nitrogens is 1. The molecule has 0 aliphatic carbocycles. The van der Waals surface area contributed by atoms with Crippen molar-refractivity contribution in [3.8, 4) is 0 Å². The zero-order chi connectivity index (χ0) is 11.4. The van der Waals surface area contributed by atoms with Crippen LogP contribution in [0.5, 0.6) is 0 Å². The van der Waals surface area contributed by atoms with Gasteiger partial charge in [-0.15, -0.1) is 0 Å². The Morgan fingerprint density at radius 1 is 1.73 bits per heavy atom. The lowest BCUT2D eigenvalue weighted by atomic mass is 10.2. The molecule has 0 fully saturated rings. The Labute approximate surface area is 94.8 Å². The highest BCUT2D eigenvalue weighted by atomic mass is 79.9. The van der Waals surface area contributed by atoms with Crippen LogP contribution in [0, 0.1) is 5.95 Å². The van der Waals surface area contributed by atoms with E-state index in [9.17, 15) is 9.18 Å². The lowest BCUT2D eigenvalue weighted by Crippen LogP contribution is -2.25. The molecule has 1 rings (SSSR count). The van der Waals surface area contributed by atoms with Gasteiger partial charge in [-0.2, -0.15) is 4.39 Å². The standard InChI is InChI=1S/C9H10BrFN2O2/c1-2-15-9(14)8(12)6-3-5(10)4-7(11)13-6/h3-4,8H,2,12H2,1H3. The van der Waals surface area contributed by atoms with Gasteiger partial charge in [0.1, 0.15) is 6.04 Å². The molecule has 1 aromatic rings. The van der Waals surface area contributed by atoms with Gasteiger partial charge in [-0.25, -0.2) is 9.78 Å². The average molecular weight is 277 g/mol. The first kappa shape index (κ1) is 12.1. The van der Waals surface area contributed by atoms with Crippen molar-refractivity contribution in [1.29, 1.82) is 0 Å². The Morgan fingerprint density at radius 3 is 2.93 bits per heavy atom. The van der Waals surface area contributed by atoms with Crippen molar-refractivity contribution in [2.45, 2.75) is 13.0 Å². The third-order valence-electron chi connectivity index (χ3n) is 1.64. The summed E-state index contributed by atoms with van der Waals surface area (Å²) in [5.41, 5.74) is 5.68. The molecule has 0 bridgehead atoms. The van der Waals surface area contributed by atoms with Crippen LogP contribution in [-0.4, -0.2) is 17.6 Å². The Bertz CT molecular complexity index is 353. The third kappa shape index (κ3) is 3.24. The van der Waals surface area contributed by atoms with E-state index < -0.39 is 18.0 Å². The lowest BCUT2D eigenvalue weighted by molar-refractivity contribution is -0.144. The molecule has 0 aliphatic rings. The minimum Gasteiger partial charge on any atom is -0.465 e. The summed E-state index contributed by atoms with van der Waals surface area (Å²) in [7, 11) is 0. The molecule has 1 aromatic heterocycles. The van der Waals surface area contributed by atoms with Crippen LogP contribution in [0.1, 0.15) is 18.7 Å². The number of rotatable bonds is 3. The highest BCUT2D eigenvalue weighted by Gasteiger charge is 2.19. The summed E-state index contributed by atoms with van der Waals surface area (Å²) in [6.07, 6.45) is 0.